The van der Waals surface area contributed by atoms with E-state index >= 15 is 0 Å². The van der Waals surface area contributed by atoms with E-state index in [9.17, 15) is 10.2 Å². The van der Waals surface area contributed by atoms with E-state index in [0.717, 1.165) is 5.56 Å². The Morgan fingerprint density at radius 1 is 1.18 bits per heavy atom. The third-order valence-electron chi connectivity index (χ3n) is 2.44. The van der Waals surface area contributed by atoms with Crippen molar-refractivity contribution in [1.29, 1.82) is 0 Å². The lowest BCUT2D eigenvalue weighted by Gasteiger charge is -2.22. The van der Waals surface area contributed by atoms with Gasteiger partial charge in [-0.2, -0.15) is 0 Å². The van der Waals surface area contributed by atoms with Crippen LogP contribution in [0.2, 0.25) is 0 Å². The Balaban J connectivity index is 2.24. The average Bonchev–Trinajstić information content (AvgIpc) is 2.35. The molecule has 17 heavy (non-hydrogen) atoms. The molecule has 0 amide bonds. The van der Waals surface area contributed by atoms with Gasteiger partial charge >= 0.3 is 0 Å². The fourth-order valence-corrected chi connectivity index (χ4v) is 1.19. The third kappa shape index (κ3) is 5.79. The maximum atomic E-state index is 9.33. The Hall–Kier alpha value is -0.940. The summed E-state index contributed by atoms with van der Waals surface area (Å²) >= 11 is 0. The summed E-state index contributed by atoms with van der Waals surface area (Å²) in [6.45, 7) is 3.70. The Kier molecular flexibility index (Phi) is 5.58. The summed E-state index contributed by atoms with van der Waals surface area (Å²) in [6, 6.07) is 9.74. The van der Waals surface area contributed by atoms with Gasteiger partial charge in [-0.25, -0.2) is 0 Å². The lowest BCUT2D eigenvalue weighted by Crippen LogP contribution is -2.35. The van der Waals surface area contributed by atoms with Gasteiger partial charge in [0.2, 0.25) is 0 Å². The minimum absolute atomic E-state index is 0.153. The van der Waals surface area contributed by atoms with Crippen molar-refractivity contribution in [1.82, 2.24) is 0 Å². The highest BCUT2D eigenvalue weighted by Gasteiger charge is 2.21. The van der Waals surface area contributed by atoms with E-state index in [0.29, 0.717) is 6.61 Å². The number of benzene rings is 1. The van der Waals surface area contributed by atoms with Gasteiger partial charge in [0.25, 0.3) is 0 Å². The molecule has 0 bridgehead atoms. The summed E-state index contributed by atoms with van der Waals surface area (Å²) in [4.78, 5) is 0. The van der Waals surface area contributed by atoms with Gasteiger partial charge in [0.05, 0.1) is 6.61 Å². The highest BCUT2D eigenvalue weighted by atomic mass is 16.7. The van der Waals surface area contributed by atoms with Crippen LogP contribution in [0.5, 0.6) is 0 Å². The molecular weight excluding hydrogens is 220 g/mol. The minimum atomic E-state index is -1.77. The second-order valence-electron chi connectivity index (χ2n) is 4.01. The molecule has 1 aromatic rings. The minimum Gasteiger partial charge on any atom is -0.364 e. The molecule has 0 aliphatic carbocycles. The van der Waals surface area contributed by atoms with E-state index in [1.807, 2.05) is 30.3 Å². The fraction of sp³-hybridized carbons (Fsp3) is 0.538. The first-order valence-electron chi connectivity index (χ1n) is 5.75. The Bertz CT molecular complexity index is 310. The van der Waals surface area contributed by atoms with Gasteiger partial charge < -0.3 is 19.7 Å². The van der Waals surface area contributed by atoms with E-state index < -0.39 is 12.1 Å². The Labute approximate surface area is 102 Å². The molecule has 1 atom stereocenters. The molecule has 0 heterocycles. The van der Waals surface area contributed by atoms with Crippen LogP contribution < -0.4 is 0 Å². The molecular formula is C13H20O4. The summed E-state index contributed by atoms with van der Waals surface area (Å²) < 4.78 is 10.6. The zero-order valence-corrected chi connectivity index (χ0v) is 10.3. The van der Waals surface area contributed by atoms with E-state index in [1.165, 1.54) is 0 Å². The number of ether oxygens (including phenoxy) is 2. The zero-order chi connectivity index (χ0) is 12.7. The predicted molar refractivity (Wildman–Crippen MR) is 64.1 cm³/mol. The second kappa shape index (κ2) is 6.71. The highest BCUT2D eigenvalue weighted by molar-refractivity contribution is 5.13. The van der Waals surface area contributed by atoms with Crippen molar-refractivity contribution in [2.75, 3.05) is 6.61 Å². The third-order valence-corrected chi connectivity index (χ3v) is 2.44. The number of hydrogen-bond donors (Lipinski definition) is 2. The molecule has 0 saturated heterocycles. The largest absolute Gasteiger partial charge is 0.364 e. The first-order chi connectivity index (χ1) is 8.03. The molecule has 0 spiro atoms. The lowest BCUT2D eigenvalue weighted by molar-refractivity contribution is -0.239. The van der Waals surface area contributed by atoms with Gasteiger partial charge in [0.1, 0.15) is 6.61 Å². The summed E-state index contributed by atoms with van der Waals surface area (Å²) in [6.07, 6.45) is -0.251. The van der Waals surface area contributed by atoms with E-state index in [-0.39, 0.29) is 13.0 Å². The van der Waals surface area contributed by atoms with Crippen molar-refractivity contribution in [3.63, 3.8) is 0 Å². The van der Waals surface area contributed by atoms with Crippen molar-refractivity contribution in [3.05, 3.63) is 35.9 Å². The van der Waals surface area contributed by atoms with Crippen LogP contribution in [0.3, 0.4) is 0 Å². The van der Waals surface area contributed by atoms with Crippen molar-refractivity contribution in [3.8, 4) is 0 Å². The van der Waals surface area contributed by atoms with Gasteiger partial charge in [0, 0.05) is 6.42 Å². The van der Waals surface area contributed by atoms with E-state index in [1.54, 1.807) is 13.8 Å². The van der Waals surface area contributed by atoms with E-state index in [2.05, 4.69) is 0 Å². The van der Waals surface area contributed by atoms with Crippen LogP contribution >= 0.6 is 0 Å². The molecule has 0 aliphatic heterocycles. The molecule has 0 fully saturated rings. The second-order valence-corrected chi connectivity index (χ2v) is 4.01. The van der Waals surface area contributed by atoms with Gasteiger partial charge in [0.15, 0.2) is 12.1 Å². The first-order valence-corrected chi connectivity index (χ1v) is 5.75. The van der Waals surface area contributed by atoms with Crippen molar-refractivity contribution >= 4 is 0 Å². The smallest absolute Gasteiger partial charge is 0.186 e. The van der Waals surface area contributed by atoms with Crippen LogP contribution in [0.25, 0.3) is 0 Å². The molecule has 0 aliphatic rings. The lowest BCUT2D eigenvalue weighted by atomic mass is 10.2. The molecule has 1 unspecified atom stereocenters. The zero-order valence-electron chi connectivity index (χ0n) is 10.3. The fourth-order valence-electron chi connectivity index (χ4n) is 1.19. The van der Waals surface area contributed by atoms with Gasteiger partial charge in [-0.05, 0) is 12.5 Å². The maximum absolute atomic E-state index is 9.33. The van der Waals surface area contributed by atoms with Crippen LogP contribution in [0.15, 0.2) is 30.3 Å². The topological polar surface area (TPSA) is 58.9 Å². The van der Waals surface area contributed by atoms with Crippen molar-refractivity contribution in [2.24, 2.45) is 0 Å². The summed E-state index contributed by atoms with van der Waals surface area (Å²) in [5, 5.41) is 18.7. The number of hydrogen-bond acceptors (Lipinski definition) is 4. The molecule has 96 valence electrons. The SMILES string of the molecule is CCC(O)(O)COC(C)OCc1ccccc1. The average molecular weight is 240 g/mol. The van der Waals surface area contributed by atoms with Gasteiger partial charge in [-0.3, -0.25) is 0 Å². The van der Waals surface area contributed by atoms with Gasteiger partial charge in [-0.15, -0.1) is 0 Å². The van der Waals surface area contributed by atoms with Crippen LogP contribution in [0, 0.1) is 0 Å². The molecule has 1 rings (SSSR count). The highest BCUT2D eigenvalue weighted by Crippen LogP contribution is 2.09. The number of rotatable bonds is 7. The standard InChI is InChI=1S/C13H20O4/c1-3-13(14,15)10-17-11(2)16-9-12-7-5-4-6-8-12/h4-8,11,14-15H,3,9-10H2,1-2H3. The van der Waals surface area contributed by atoms with Crippen LogP contribution in [-0.2, 0) is 16.1 Å². The molecule has 4 heteroatoms. The summed E-state index contributed by atoms with van der Waals surface area (Å²) in [7, 11) is 0. The summed E-state index contributed by atoms with van der Waals surface area (Å²) in [5.41, 5.74) is 1.05. The number of aliphatic hydroxyl groups is 2. The molecule has 0 aromatic heterocycles. The van der Waals surface area contributed by atoms with E-state index in [4.69, 9.17) is 9.47 Å². The predicted octanol–water partition coefficient (Wildman–Crippen LogP) is 1.66. The normalized spacial score (nSPS) is 13.6. The maximum Gasteiger partial charge on any atom is 0.186 e. The quantitative estimate of drug-likeness (QED) is 0.712. The van der Waals surface area contributed by atoms with Crippen molar-refractivity contribution < 1.29 is 19.7 Å². The first kappa shape index (κ1) is 14.1. The molecule has 0 radical (unpaired) electrons. The summed E-state index contributed by atoms with van der Waals surface area (Å²) in [5.74, 6) is -1.77. The van der Waals surface area contributed by atoms with Gasteiger partial charge in [-0.1, -0.05) is 37.3 Å². The van der Waals surface area contributed by atoms with Crippen molar-refractivity contribution in [2.45, 2.75) is 39.0 Å². The molecule has 4 nitrogen and oxygen atoms in total. The Morgan fingerprint density at radius 2 is 1.82 bits per heavy atom. The van der Waals surface area contributed by atoms with Crippen LogP contribution in [-0.4, -0.2) is 28.9 Å². The Morgan fingerprint density at radius 3 is 2.41 bits per heavy atom. The molecule has 2 N–H and O–H groups in total. The van der Waals surface area contributed by atoms with Crippen LogP contribution in [0.1, 0.15) is 25.8 Å². The molecule has 0 saturated carbocycles. The monoisotopic (exact) mass is 240 g/mol. The van der Waals surface area contributed by atoms with Crippen LogP contribution in [0.4, 0.5) is 0 Å². The molecule has 1 aromatic carbocycles.